The normalized spacial score (nSPS) is 40.9. The summed E-state index contributed by atoms with van der Waals surface area (Å²) >= 11 is 0. The van der Waals surface area contributed by atoms with E-state index in [0.717, 1.165) is 18.5 Å². The molecule has 11 heavy (non-hydrogen) atoms. The molecule has 0 aromatic carbocycles. The van der Waals surface area contributed by atoms with Crippen molar-refractivity contribution >= 4 is 0 Å². The van der Waals surface area contributed by atoms with Gasteiger partial charge in [0.2, 0.25) is 0 Å². The van der Waals surface area contributed by atoms with E-state index in [2.05, 4.69) is 11.8 Å². The van der Waals surface area contributed by atoms with Gasteiger partial charge >= 0.3 is 0 Å². The van der Waals surface area contributed by atoms with E-state index in [0.29, 0.717) is 6.04 Å². The summed E-state index contributed by atoms with van der Waals surface area (Å²) in [7, 11) is 0. The molecule has 0 aromatic rings. The first-order valence-electron chi connectivity index (χ1n) is 4.77. The van der Waals surface area contributed by atoms with E-state index in [1.165, 1.54) is 25.8 Å². The molecule has 0 radical (unpaired) electrons. The van der Waals surface area contributed by atoms with Crippen LogP contribution in [0.2, 0.25) is 0 Å². The Labute approximate surface area is 68.7 Å². The minimum atomic E-state index is 0.435. The second kappa shape index (κ2) is 2.76. The van der Waals surface area contributed by atoms with Gasteiger partial charge in [-0.05, 0) is 31.7 Å². The van der Waals surface area contributed by atoms with Crippen molar-refractivity contribution < 1.29 is 0 Å². The highest BCUT2D eigenvalue weighted by Gasteiger charge is 2.33. The van der Waals surface area contributed by atoms with Crippen molar-refractivity contribution in [3.8, 4) is 0 Å². The molecule has 1 heterocycles. The van der Waals surface area contributed by atoms with Crippen LogP contribution in [0.3, 0.4) is 0 Å². The van der Waals surface area contributed by atoms with E-state index in [-0.39, 0.29) is 0 Å². The van der Waals surface area contributed by atoms with Gasteiger partial charge in [0.25, 0.3) is 0 Å². The maximum atomic E-state index is 5.99. The molecule has 1 saturated carbocycles. The number of piperidine rings is 1. The van der Waals surface area contributed by atoms with E-state index < -0.39 is 0 Å². The Balaban J connectivity index is 1.86. The van der Waals surface area contributed by atoms with Gasteiger partial charge in [-0.3, -0.25) is 4.90 Å². The lowest BCUT2D eigenvalue weighted by Gasteiger charge is -2.35. The molecule has 64 valence electrons. The van der Waals surface area contributed by atoms with Crippen molar-refractivity contribution in [1.82, 2.24) is 4.90 Å². The molecule has 0 amide bonds. The number of nitrogens with zero attached hydrogens (tertiary/aromatic N) is 1. The molecule has 2 rings (SSSR count). The van der Waals surface area contributed by atoms with E-state index in [9.17, 15) is 0 Å². The largest absolute Gasteiger partial charge is 0.326 e. The van der Waals surface area contributed by atoms with Crippen LogP contribution >= 0.6 is 0 Å². The van der Waals surface area contributed by atoms with Crippen LogP contribution in [-0.2, 0) is 0 Å². The Morgan fingerprint density at radius 2 is 2.00 bits per heavy atom. The fraction of sp³-hybridized carbons (Fsp3) is 1.00. The van der Waals surface area contributed by atoms with E-state index in [1.807, 2.05) is 0 Å². The Bertz CT molecular complexity index is 142. The fourth-order valence-corrected chi connectivity index (χ4v) is 1.90. The van der Waals surface area contributed by atoms with Crippen LogP contribution in [0.25, 0.3) is 0 Å². The Morgan fingerprint density at radius 1 is 1.27 bits per heavy atom. The van der Waals surface area contributed by atoms with Crippen LogP contribution in [0.5, 0.6) is 0 Å². The standard InChI is InChI=1S/C9H18N2/c1-7-4-5-11(6-9(7)10)8-2-3-8/h7-9H,2-6,10H2,1H3/t7-,9+/m1/s1. The molecule has 2 atom stereocenters. The monoisotopic (exact) mass is 154 g/mol. The molecule has 2 nitrogen and oxygen atoms in total. The zero-order valence-electron chi connectivity index (χ0n) is 7.29. The zero-order valence-corrected chi connectivity index (χ0v) is 7.29. The summed E-state index contributed by atoms with van der Waals surface area (Å²) in [6.45, 7) is 4.71. The molecule has 1 aliphatic carbocycles. The quantitative estimate of drug-likeness (QED) is 0.606. The summed E-state index contributed by atoms with van der Waals surface area (Å²) in [5, 5.41) is 0. The van der Waals surface area contributed by atoms with Crippen LogP contribution < -0.4 is 5.73 Å². The molecule has 0 aromatic heterocycles. The third-order valence-corrected chi connectivity index (χ3v) is 3.11. The Morgan fingerprint density at radius 3 is 2.55 bits per heavy atom. The number of likely N-dealkylation sites (tertiary alicyclic amines) is 1. The number of hydrogen-bond donors (Lipinski definition) is 1. The third kappa shape index (κ3) is 1.57. The van der Waals surface area contributed by atoms with E-state index in [4.69, 9.17) is 5.73 Å². The lowest BCUT2D eigenvalue weighted by molar-refractivity contribution is 0.161. The average Bonchev–Trinajstić information content (AvgIpc) is 2.77. The van der Waals surface area contributed by atoms with Gasteiger partial charge in [-0.2, -0.15) is 0 Å². The van der Waals surface area contributed by atoms with Crippen molar-refractivity contribution in [2.75, 3.05) is 13.1 Å². The topological polar surface area (TPSA) is 29.3 Å². The fourth-order valence-electron chi connectivity index (χ4n) is 1.90. The van der Waals surface area contributed by atoms with Crippen LogP contribution in [0.15, 0.2) is 0 Å². The van der Waals surface area contributed by atoms with Gasteiger partial charge in [-0.25, -0.2) is 0 Å². The minimum absolute atomic E-state index is 0.435. The molecule has 2 N–H and O–H groups in total. The lowest BCUT2D eigenvalue weighted by Crippen LogP contribution is -2.48. The van der Waals surface area contributed by atoms with Gasteiger partial charge in [0.15, 0.2) is 0 Å². The molecule has 0 spiro atoms. The molecule has 2 heteroatoms. The zero-order chi connectivity index (χ0) is 7.84. The summed E-state index contributed by atoms with van der Waals surface area (Å²) in [5.74, 6) is 0.741. The summed E-state index contributed by atoms with van der Waals surface area (Å²) in [6, 6.07) is 1.35. The van der Waals surface area contributed by atoms with E-state index in [1.54, 1.807) is 0 Å². The van der Waals surface area contributed by atoms with Crippen molar-refractivity contribution in [2.45, 2.75) is 38.3 Å². The van der Waals surface area contributed by atoms with Gasteiger partial charge < -0.3 is 5.73 Å². The maximum absolute atomic E-state index is 5.99. The molecule has 0 unspecified atom stereocenters. The second-order valence-corrected chi connectivity index (χ2v) is 4.16. The van der Waals surface area contributed by atoms with Gasteiger partial charge in [0.1, 0.15) is 0 Å². The van der Waals surface area contributed by atoms with E-state index >= 15 is 0 Å². The summed E-state index contributed by atoms with van der Waals surface area (Å²) in [6.07, 6.45) is 4.14. The molecule has 1 saturated heterocycles. The highest BCUT2D eigenvalue weighted by atomic mass is 15.2. The summed E-state index contributed by atoms with van der Waals surface area (Å²) in [4.78, 5) is 2.57. The molecule has 2 fully saturated rings. The molecular weight excluding hydrogens is 136 g/mol. The highest BCUT2D eigenvalue weighted by Crippen LogP contribution is 2.30. The molecule has 2 aliphatic rings. The summed E-state index contributed by atoms with van der Waals surface area (Å²) in [5.41, 5.74) is 5.99. The average molecular weight is 154 g/mol. The maximum Gasteiger partial charge on any atom is 0.0194 e. The Kier molecular flexibility index (Phi) is 1.90. The number of nitrogens with two attached hydrogens (primary N) is 1. The molecule has 1 aliphatic heterocycles. The first kappa shape index (κ1) is 7.56. The first-order valence-corrected chi connectivity index (χ1v) is 4.77. The predicted molar refractivity (Wildman–Crippen MR) is 46.4 cm³/mol. The molecule has 0 bridgehead atoms. The smallest absolute Gasteiger partial charge is 0.0194 e. The van der Waals surface area contributed by atoms with Crippen LogP contribution in [0, 0.1) is 5.92 Å². The van der Waals surface area contributed by atoms with Gasteiger partial charge in [0.05, 0.1) is 0 Å². The van der Waals surface area contributed by atoms with Crippen molar-refractivity contribution in [2.24, 2.45) is 11.7 Å². The van der Waals surface area contributed by atoms with Crippen molar-refractivity contribution in [3.63, 3.8) is 0 Å². The van der Waals surface area contributed by atoms with Gasteiger partial charge in [0, 0.05) is 18.6 Å². The van der Waals surface area contributed by atoms with Crippen LogP contribution in [-0.4, -0.2) is 30.1 Å². The Hall–Kier alpha value is -0.0800. The first-order chi connectivity index (χ1) is 5.27. The minimum Gasteiger partial charge on any atom is -0.326 e. The number of hydrogen-bond acceptors (Lipinski definition) is 2. The molecular formula is C9H18N2. The SMILES string of the molecule is C[C@@H]1CCN(C2CC2)C[C@@H]1N. The van der Waals surface area contributed by atoms with Gasteiger partial charge in [-0.1, -0.05) is 6.92 Å². The lowest BCUT2D eigenvalue weighted by atomic mass is 9.94. The third-order valence-electron chi connectivity index (χ3n) is 3.11. The van der Waals surface area contributed by atoms with Crippen molar-refractivity contribution in [3.05, 3.63) is 0 Å². The van der Waals surface area contributed by atoms with Crippen LogP contribution in [0.1, 0.15) is 26.2 Å². The summed E-state index contributed by atoms with van der Waals surface area (Å²) < 4.78 is 0. The van der Waals surface area contributed by atoms with Crippen molar-refractivity contribution in [1.29, 1.82) is 0 Å². The number of rotatable bonds is 1. The predicted octanol–water partition coefficient (Wildman–Crippen LogP) is 0.818. The van der Waals surface area contributed by atoms with Crippen LogP contribution in [0.4, 0.5) is 0 Å². The van der Waals surface area contributed by atoms with Gasteiger partial charge in [-0.15, -0.1) is 0 Å². The highest BCUT2D eigenvalue weighted by molar-refractivity contribution is 4.90. The second-order valence-electron chi connectivity index (χ2n) is 4.16.